The molecule has 0 heterocycles. The quantitative estimate of drug-likeness (QED) is 0.818. The van der Waals surface area contributed by atoms with E-state index in [1.165, 1.54) is 14.2 Å². The SMILES string of the molecule is COc1ccc(OC)c(CS(N)(=O)=O)c1. The maximum absolute atomic E-state index is 10.9. The third-order valence-electron chi connectivity index (χ3n) is 1.84. The molecule has 0 fully saturated rings. The molecule has 0 spiro atoms. The van der Waals surface area contributed by atoms with Gasteiger partial charge in [0.25, 0.3) is 0 Å². The summed E-state index contributed by atoms with van der Waals surface area (Å²) in [4.78, 5) is 0. The van der Waals surface area contributed by atoms with Crippen molar-refractivity contribution in [1.29, 1.82) is 0 Å². The van der Waals surface area contributed by atoms with Crippen molar-refractivity contribution in [1.82, 2.24) is 0 Å². The third-order valence-corrected chi connectivity index (χ3v) is 2.56. The Labute approximate surface area is 88.9 Å². The lowest BCUT2D eigenvalue weighted by molar-refractivity contribution is 0.400. The van der Waals surface area contributed by atoms with E-state index in [9.17, 15) is 8.42 Å². The minimum atomic E-state index is -3.57. The third kappa shape index (κ3) is 3.41. The molecule has 2 N–H and O–H groups in total. The van der Waals surface area contributed by atoms with Gasteiger partial charge < -0.3 is 9.47 Å². The Morgan fingerprint density at radius 3 is 2.40 bits per heavy atom. The molecule has 0 saturated carbocycles. The molecular formula is C9H13NO4S. The molecule has 15 heavy (non-hydrogen) atoms. The van der Waals surface area contributed by atoms with E-state index in [1.54, 1.807) is 18.2 Å². The van der Waals surface area contributed by atoms with Gasteiger partial charge in [0.05, 0.1) is 20.0 Å². The second-order valence-electron chi connectivity index (χ2n) is 2.98. The van der Waals surface area contributed by atoms with Crippen LogP contribution in [0.15, 0.2) is 18.2 Å². The first-order valence-electron chi connectivity index (χ1n) is 4.17. The van der Waals surface area contributed by atoms with E-state index in [0.29, 0.717) is 17.1 Å². The zero-order chi connectivity index (χ0) is 11.5. The van der Waals surface area contributed by atoms with Gasteiger partial charge in [0.15, 0.2) is 0 Å². The summed E-state index contributed by atoms with van der Waals surface area (Å²) < 4.78 is 31.9. The molecule has 0 radical (unpaired) electrons. The van der Waals surface area contributed by atoms with E-state index >= 15 is 0 Å². The lowest BCUT2D eigenvalue weighted by Gasteiger charge is -2.09. The number of nitrogens with two attached hydrogens (primary N) is 1. The van der Waals surface area contributed by atoms with Gasteiger partial charge in [-0.15, -0.1) is 0 Å². The van der Waals surface area contributed by atoms with Crippen LogP contribution in [0.4, 0.5) is 0 Å². The molecule has 84 valence electrons. The number of hydrogen-bond acceptors (Lipinski definition) is 4. The molecule has 0 aliphatic rings. The summed E-state index contributed by atoms with van der Waals surface area (Å²) in [5, 5.41) is 4.96. The first-order chi connectivity index (χ1) is 6.96. The van der Waals surface area contributed by atoms with Crippen LogP contribution in [-0.4, -0.2) is 22.6 Å². The fourth-order valence-electron chi connectivity index (χ4n) is 1.21. The van der Waals surface area contributed by atoms with Gasteiger partial charge >= 0.3 is 0 Å². The monoisotopic (exact) mass is 231 g/mol. The largest absolute Gasteiger partial charge is 0.497 e. The molecule has 0 aliphatic carbocycles. The Balaban J connectivity index is 3.12. The van der Waals surface area contributed by atoms with E-state index in [0.717, 1.165) is 0 Å². The minimum Gasteiger partial charge on any atom is -0.497 e. The van der Waals surface area contributed by atoms with Crippen LogP contribution in [0.5, 0.6) is 11.5 Å². The van der Waals surface area contributed by atoms with Gasteiger partial charge in [-0.05, 0) is 18.2 Å². The maximum atomic E-state index is 10.9. The standard InChI is InChI=1S/C9H13NO4S/c1-13-8-3-4-9(14-2)7(5-8)6-15(10,11)12/h3-5H,6H2,1-2H3,(H2,10,11,12). The predicted octanol–water partition coefficient (Wildman–Crippen LogP) is 0.492. The Bertz CT molecular complexity index is 441. The summed E-state index contributed by atoms with van der Waals surface area (Å²) in [5.74, 6) is 0.771. The highest BCUT2D eigenvalue weighted by atomic mass is 32.2. The van der Waals surface area contributed by atoms with Crippen molar-refractivity contribution in [3.05, 3.63) is 23.8 Å². The van der Waals surface area contributed by atoms with E-state index in [2.05, 4.69) is 0 Å². The number of methoxy groups -OCH3 is 2. The average Bonchev–Trinajstić information content (AvgIpc) is 2.15. The van der Waals surface area contributed by atoms with Gasteiger partial charge in [-0.3, -0.25) is 0 Å². The zero-order valence-corrected chi connectivity index (χ0v) is 9.37. The van der Waals surface area contributed by atoms with Crippen LogP contribution in [-0.2, 0) is 15.8 Å². The molecule has 0 aliphatic heterocycles. The predicted molar refractivity (Wildman–Crippen MR) is 56.4 cm³/mol. The van der Waals surface area contributed by atoms with Crippen molar-refractivity contribution in [3.63, 3.8) is 0 Å². The van der Waals surface area contributed by atoms with Gasteiger partial charge in [0.1, 0.15) is 11.5 Å². The van der Waals surface area contributed by atoms with Crippen LogP contribution >= 0.6 is 0 Å². The smallest absolute Gasteiger partial charge is 0.213 e. The van der Waals surface area contributed by atoms with Crippen molar-refractivity contribution >= 4 is 10.0 Å². The van der Waals surface area contributed by atoms with E-state index in [1.807, 2.05) is 0 Å². The summed E-state index contributed by atoms with van der Waals surface area (Å²) in [5.41, 5.74) is 0.486. The highest BCUT2D eigenvalue weighted by molar-refractivity contribution is 7.88. The van der Waals surface area contributed by atoms with Crippen LogP contribution in [0, 0.1) is 0 Å². The number of sulfonamides is 1. The molecule has 0 aromatic heterocycles. The van der Waals surface area contributed by atoms with Crippen LogP contribution in [0.25, 0.3) is 0 Å². The molecule has 5 nitrogen and oxygen atoms in total. The number of benzene rings is 1. The lowest BCUT2D eigenvalue weighted by Crippen LogP contribution is -2.15. The van der Waals surface area contributed by atoms with E-state index < -0.39 is 10.0 Å². The fourth-order valence-corrected chi connectivity index (χ4v) is 1.87. The maximum Gasteiger partial charge on any atom is 0.213 e. The van der Waals surface area contributed by atoms with Gasteiger partial charge in [-0.2, -0.15) is 0 Å². The Kier molecular flexibility index (Phi) is 3.54. The van der Waals surface area contributed by atoms with Crippen molar-refractivity contribution < 1.29 is 17.9 Å². The van der Waals surface area contributed by atoms with Gasteiger partial charge in [-0.1, -0.05) is 0 Å². The second-order valence-corrected chi connectivity index (χ2v) is 4.60. The number of hydrogen-bond donors (Lipinski definition) is 1. The lowest BCUT2D eigenvalue weighted by atomic mass is 10.2. The summed E-state index contributed by atoms with van der Waals surface area (Å²) in [6.07, 6.45) is 0. The Hall–Kier alpha value is -1.27. The molecule has 1 rings (SSSR count). The van der Waals surface area contributed by atoms with Crippen LogP contribution < -0.4 is 14.6 Å². The van der Waals surface area contributed by atoms with Gasteiger partial charge in [-0.25, -0.2) is 13.6 Å². The topological polar surface area (TPSA) is 78.6 Å². The van der Waals surface area contributed by atoms with Crippen LogP contribution in [0.3, 0.4) is 0 Å². The van der Waals surface area contributed by atoms with Crippen LogP contribution in [0.2, 0.25) is 0 Å². The normalized spacial score (nSPS) is 11.1. The molecule has 0 atom stereocenters. The highest BCUT2D eigenvalue weighted by Gasteiger charge is 2.11. The second kappa shape index (κ2) is 4.50. The summed E-state index contributed by atoms with van der Waals surface area (Å²) in [6.45, 7) is 0. The zero-order valence-electron chi connectivity index (χ0n) is 8.56. The number of ether oxygens (including phenoxy) is 2. The Morgan fingerprint density at radius 1 is 1.27 bits per heavy atom. The first kappa shape index (κ1) is 11.8. The highest BCUT2D eigenvalue weighted by Crippen LogP contribution is 2.24. The molecule has 0 unspecified atom stereocenters. The summed E-state index contributed by atoms with van der Waals surface area (Å²) in [6, 6.07) is 4.91. The molecule has 0 bridgehead atoms. The molecule has 1 aromatic rings. The Morgan fingerprint density at radius 2 is 1.93 bits per heavy atom. The van der Waals surface area contributed by atoms with E-state index in [-0.39, 0.29) is 5.75 Å². The number of rotatable bonds is 4. The van der Waals surface area contributed by atoms with Crippen molar-refractivity contribution in [2.45, 2.75) is 5.75 Å². The van der Waals surface area contributed by atoms with Gasteiger partial charge in [0.2, 0.25) is 10.0 Å². The molecule has 0 amide bonds. The molecule has 0 saturated heterocycles. The van der Waals surface area contributed by atoms with Crippen molar-refractivity contribution in [2.75, 3.05) is 14.2 Å². The summed E-state index contributed by atoms with van der Waals surface area (Å²) in [7, 11) is -0.601. The van der Waals surface area contributed by atoms with E-state index in [4.69, 9.17) is 14.6 Å². The van der Waals surface area contributed by atoms with Gasteiger partial charge in [0, 0.05) is 5.56 Å². The van der Waals surface area contributed by atoms with Crippen LogP contribution in [0.1, 0.15) is 5.56 Å². The molecule has 6 heteroatoms. The minimum absolute atomic E-state index is 0.270. The molecule has 1 aromatic carbocycles. The fraction of sp³-hybridized carbons (Fsp3) is 0.333. The summed E-state index contributed by atoms with van der Waals surface area (Å²) >= 11 is 0. The van der Waals surface area contributed by atoms with Crippen molar-refractivity contribution in [2.24, 2.45) is 5.14 Å². The first-order valence-corrected chi connectivity index (χ1v) is 5.89. The molecular weight excluding hydrogens is 218 g/mol. The van der Waals surface area contributed by atoms with Crippen molar-refractivity contribution in [3.8, 4) is 11.5 Å². The average molecular weight is 231 g/mol. The number of primary sulfonamides is 1.